The van der Waals surface area contributed by atoms with Crippen molar-refractivity contribution in [2.24, 2.45) is 11.8 Å². The Hall–Kier alpha value is -1.50. The minimum atomic E-state index is 0.108. The summed E-state index contributed by atoms with van der Waals surface area (Å²) < 4.78 is 0. The maximum absolute atomic E-state index is 12.1. The minimum Gasteiger partial charge on any atom is -0.302 e. The van der Waals surface area contributed by atoms with E-state index in [2.05, 4.69) is 40.1 Å². The molecule has 2 atom stereocenters. The van der Waals surface area contributed by atoms with Crippen molar-refractivity contribution in [1.29, 1.82) is 0 Å². The number of hydrogen-bond acceptors (Lipinski definition) is 5. The van der Waals surface area contributed by atoms with Crippen LogP contribution < -0.4 is 5.32 Å². The van der Waals surface area contributed by atoms with Gasteiger partial charge in [0.05, 0.1) is 9.75 Å². The number of carbonyl (C=O) groups is 1. The van der Waals surface area contributed by atoms with Crippen molar-refractivity contribution in [1.82, 2.24) is 4.98 Å². The number of aromatic nitrogens is 1. The van der Waals surface area contributed by atoms with E-state index in [-0.39, 0.29) is 11.8 Å². The fourth-order valence-corrected chi connectivity index (χ4v) is 5.04. The highest BCUT2D eigenvalue weighted by atomic mass is 32.1. The van der Waals surface area contributed by atoms with Crippen LogP contribution in [0.1, 0.15) is 13.3 Å². The number of nitrogens with zero attached hydrogens (tertiary/aromatic N) is 1. The molecule has 3 aromatic heterocycles. The Kier molecular flexibility index (Phi) is 3.60. The third-order valence-corrected chi connectivity index (χ3v) is 6.70. The van der Waals surface area contributed by atoms with Crippen LogP contribution in [0.2, 0.25) is 0 Å². The normalized spacial score (nSPS) is 20.0. The summed E-state index contributed by atoms with van der Waals surface area (Å²) in [5.41, 5.74) is 0.974. The third-order valence-electron chi connectivity index (χ3n) is 3.80. The SMILES string of the molecule is C[C@H]1C[C@H]1C(=O)Nc1nc(-c2cccs2)c(-c2cccs2)s1. The maximum atomic E-state index is 12.1. The standard InChI is InChI=1S/C16H14N2OS3/c1-9-8-10(9)15(19)18-16-17-13(11-4-2-6-20-11)14(22-16)12-5-3-7-21-12/h2-7,9-10H,8H2,1H3,(H,17,18,19)/t9-,10+/m0/s1. The number of hydrogen-bond donors (Lipinski definition) is 1. The Morgan fingerprint density at radius 2 is 1.91 bits per heavy atom. The molecular formula is C16H14N2OS3. The van der Waals surface area contributed by atoms with Crippen molar-refractivity contribution in [3.05, 3.63) is 35.0 Å². The summed E-state index contributed by atoms with van der Waals surface area (Å²) in [6.45, 7) is 2.11. The van der Waals surface area contributed by atoms with E-state index in [1.807, 2.05) is 12.1 Å². The number of rotatable bonds is 4. The molecule has 0 spiro atoms. The second-order valence-corrected chi connectivity index (χ2v) is 8.35. The van der Waals surface area contributed by atoms with Gasteiger partial charge in [0, 0.05) is 10.8 Å². The summed E-state index contributed by atoms with van der Waals surface area (Å²) in [6.07, 6.45) is 0.993. The molecular weight excluding hydrogens is 332 g/mol. The van der Waals surface area contributed by atoms with E-state index in [1.54, 1.807) is 34.0 Å². The van der Waals surface area contributed by atoms with E-state index < -0.39 is 0 Å². The van der Waals surface area contributed by atoms with Crippen LogP contribution in [0.5, 0.6) is 0 Å². The second kappa shape index (κ2) is 5.61. The van der Waals surface area contributed by atoms with Crippen molar-refractivity contribution in [2.75, 3.05) is 5.32 Å². The van der Waals surface area contributed by atoms with Gasteiger partial charge in [0.15, 0.2) is 5.13 Å². The molecule has 1 amide bonds. The quantitative estimate of drug-likeness (QED) is 0.706. The molecule has 0 bridgehead atoms. The Morgan fingerprint density at radius 1 is 1.23 bits per heavy atom. The molecule has 1 aliphatic rings. The second-order valence-electron chi connectivity index (χ2n) is 5.46. The van der Waals surface area contributed by atoms with Crippen LogP contribution in [0.3, 0.4) is 0 Å². The Balaban J connectivity index is 1.69. The molecule has 0 saturated heterocycles. The molecule has 1 fully saturated rings. The first-order valence-corrected chi connectivity index (χ1v) is 9.69. The largest absolute Gasteiger partial charge is 0.302 e. The highest BCUT2D eigenvalue weighted by Crippen LogP contribution is 2.43. The van der Waals surface area contributed by atoms with Gasteiger partial charge in [-0.1, -0.05) is 30.4 Å². The highest BCUT2D eigenvalue weighted by Gasteiger charge is 2.39. The van der Waals surface area contributed by atoms with Crippen molar-refractivity contribution in [3.63, 3.8) is 0 Å². The van der Waals surface area contributed by atoms with E-state index >= 15 is 0 Å². The van der Waals surface area contributed by atoms with Gasteiger partial charge in [-0.3, -0.25) is 4.79 Å². The first-order chi connectivity index (χ1) is 10.7. The van der Waals surface area contributed by atoms with Crippen LogP contribution in [-0.4, -0.2) is 10.9 Å². The summed E-state index contributed by atoms with van der Waals surface area (Å²) >= 11 is 4.94. The zero-order chi connectivity index (χ0) is 15.1. The van der Waals surface area contributed by atoms with Gasteiger partial charge in [0.1, 0.15) is 5.69 Å². The molecule has 0 aromatic carbocycles. The van der Waals surface area contributed by atoms with Crippen molar-refractivity contribution < 1.29 is 4.79 Å². The molecule has 6 heteroatoms. The molecule has 0 aliphatic heterocycles. The monoisotopic (exact) mass is 346 g/mol. The van der Waals surface area contributed by atoms with Crippen LogP contribution in [-0.2, 0) is 4.79 Å². The molecule has 112 valence electrons. The molecule has 4 rings (SSSR count). The van der Waals surface area contributed by atoms with Crippen LogP contribution >= 0.6 is 34.0 Å². The lowest BCUT2D eigenvalue weighted by Crippen LogP contribution is -2.14. The molecule has 3 heterocycles. The van der Waals surface area contributed by atoms with Crippen LogP contribution in [0.25, 0.3) is 20.3 Å². The molecule has 1 saturated carbocycles. The average molecular weight is 347 g/mol. The molecule has 3 aromatic rings. The zero-order valence-electron chi connectivity index (χ0n) is 11.9. The van der Waals surface area contributed by atoms with Crippen molar-refractivity contribution in [3.8, 4) is 20.3 Å². The van der Waals surface area contributed by atoms with Gasteiger partial charge in [-0.25, -0.2) is 4.98 Å². The Labute approximate surface area is 140 Å². The van der Waals surface area contributed by atoms with Gasteiger partial charge in [0.25, 0.3) is 0 Å². The zero-order valence-corrected chi connectivity index (χ0v) is 14.4. The number of nitrogens with one attached hydrogen (secondary N) is 1. The molecule has 0 radical (unpaired) electrons. The van der Waals surface area contributed by atoms with E-state index in [0.29, 0.717) is 11.0 Å². The summed E-state index contributed by atoms with van der Waals surface area (Å²) in [5, 5.41) is 7.82. The minimum absolute atomic E-state index is 0.108. The third kappa shape index (κ3) is 2.62. The molecule has 3 nitrogen and oxygen atoms in total. The lowest BCUT2D eigenvalue weighted by molar-refractivity contribution is -0.117. The first-order valence-electron chi connectivity index (χ1n) is 7.12. The van der Waals surface area contributed by atoms with Gasteiger partial charge in [-0.2, -0.15) is 0 Å². The predicted molar refractivity (Wildman–Crippen MR) is 94.6 cm³/mol. The smallest absolute Gasteiger partial charge is 0.229 e. The summed E-state index contributed by atoms with van der Waals surface area (Å²) in [5.74, 6) is 0.782. The van der Waals surface area contributed by atoms with E-state index in [4.69, 9.17) is 0 Å². The fraction of sp³-hybridized carbons (Fsp3) is 0.250. The van der Waals surface area contributed by atoms with E-state index in [0.717, 1.165) is 21.9 Å². The number of thiophene rings is 2. The fourth-order valence-electron chi connectivity index (χ4n) is 2.41. The molecule has 1 aliphatic carbocycles. The van der Waals surface area contributed by atoms with Crippen molar-refractivity contribution >= 4 is 45.0 Å². The summed E-state index contributed by atoms with van der Waals surface area (Å²) in [7, 11) is 0. The van der Waals surface area contributed by atoms with Gasteiger partial charge in [-0.15, -0.1) is 22.7 Å². The number of amides is 1. The van der Waals surface area contributed by atoms with Crippen LogP contribution in [0.15, 0.2) is 35.0 Å². The topological polar surface area (TPSA) is 42.0 Å². The number of anilines is 1. The molecule has 22 heavy (non-hydrogen) atoms. The first kappa shape index (κ1) is 14.1. The lowest BCUT2D eigenvalue weighted by Gasteiger charge is -1.98. The average Bonchev–Trinajstić information content (AvgIpc) is 3.03. The van der Waals surface area contributed by atoms with Crippen molar-refractivity contribution in [2.45, 2.75) is 13.3 Å². The number of carbonyl (C=O) groups excluding carboxylic acids is 1. The summed E-state index contributed by atoms with van der Waals surface area (Å²) in [6, 6.07) is 8.25. The maximum Gasteiger partial charge on any atom is 0.229 e. The molecule has 0 unspecified atom stereocenters. The predicted octanol–water partition coefficient (Wildman–Crippen LogP) is 5.19. The van der Waals surface area contributed by atoms with Crippen LogP contribution in [0.4, 0.5) is 5.13 Å². The van der Waals surface area contributed by atoms with Gasteiger partial charge in [-0.05, 0) is 35.2 Å². The Bertz CT molecular complexity index is 738. The van der Waals surface area contributed by atoms with Gasteiger partial charge < -0.3 is 5.32 Å². The molecule has 1 N–H and O–H groups in total. The van der Waals surface area contributed by atoms with Gasteiger partial charge >= 0.3 is 0 Å². The summed E-state index contributed by atoms with van der Waals surface area (Å²) in [4.78, 5) is 20.3. The van der Waals surface area contributed by atoms with Crippen LogP contribution in [0, 0.1) is 11.8 Å². The highest BCUT2D eigenvalue weighted by molar-refractivity contribution is 7.24. The van der Waals surface area contributed by atoms with E-state index in [1.165, 1.54) is 4.88 Å². The van der Waals surface area contributed by atoms with E-state index in [9.17, 15) is 4.79 Å². The number of thiazole rings is 1. The lowest BCUT2D eigenvalue weighted by atomic mass is 10.3. The Morgan fingerprint density at radius 3 is 2.50 bits per heavy atom. The van der Waals surface area contributed by atoms with Gasteiger partial charge in [0.2, 0.25) is 5.91 Å².